The molecule has 0 bridgehead atoms. The number of anilines is 2. The number of aromatic nitrogens is 1. The Morgan fingerprint density at radius 2 is 2.06 bits per heavy atom. The van der Waals surface area contributed by atoms with E-state index in [0.717, 1.165) is 17.2 Å². The molecular formula is C12H15N3O. The van der Waals surface area contributed by atoms with Crippen molar-refractivity contribution in [2.24, 2.45) is 0 Å². The summed E-state index contributed by atoms with van der Waals surface area (Å²) in [4.78, 5) is 4.32. The summed E-state index contributed by atoms with van der Waals surface area (Å²) in [5.41, 5.74) is 7.39. The van der Waals surface area contributed by atoms with Crippen LogP contribution in [0.25, 0.3) is 0 Å². The summed E-state index contributed by atoms with van der Waals surface area (Å²) in [6.45, 7) is 4.44. The summed E-state index contributed by atoms with van der Waals surface area (Å²) < 4.78 is 5.44. The van der Waals surface area contributed by atoms with Crippen molar-refractivity contribution >= 4 is 11.5 Å². The van der Waals surface area contributed by atoms with Crippen LogP contribution in [-0.4, -0.2) is 4.98 Å². The van der Waals surface area contributed by atoms with Gasteiger partial charge in [-0.2, -0.15) is 0 Å². The number of aryl methyl sites for hydroxylation is 2. The first kappa shape index (κ1) is 10.5. The van der Waals surface area contributed by atoms with Crippen LogP contribution in [0.5, 0.6) is 0 Å². The van der Waals surface area contributed by atoms with Crippen LogP contribution in [0.15, 0.2) is 28.7 Å². The summed E-state index contributed by atoms with van der Waals surface area (Å²) >= 11 is 0. The van der Waals surface area contributed by atoms with E-state index in [1.165, 1.54) is 0 Å². The first-order chi connectivity index (χ1) is 7.65. The van der Waals surface area contributed by atoms with Crippen LogP contribution in [0, 0.1) is 13.8 Å². The largest absolute Gasteiger partial charge is 0.465 e. The zero-order chi connectivity index (χ0) is 11.5. The number of nitrogens with one attached hydrogen (secondary N) is 1. The van der Waals surface area contributed by atoms with E-state index in [9.17, 15) is 0 Å². The highest BCUT2D eigenvalue weighted by Crippen LogP contribution is 2.16. The number of hydrogen-bond acceptors (Lipinski definition) is 4. The van der Waals surface area contributed by atoms with Crippen LogP contribution in [-0.2, 0) is 6.54 Å². The van der Waals surface area contributed by atoms with Crippen molar-refractivity contribution in [3.8, 4) is 0 Å². The molecule has 0 unspecified atom stereocenters. The predicted molar refractivity (Wildman–Crippen MR) is 64.2 cm³/mol. The minimum absolute atomic E-state index is 0.592. The smallest absolute Gasteiger partial charge is 0.149 e. The number of pyridine rings is 1. The molecule has 4 nitrogen and oxygen atoms in total. The van der Waals surface area contributed by atoms with Gasteiger partial charge in [0.05, 0.1) is 12.2 Å². The third-order valence-corrected chi connectivity index (χ3v) is 2.29. The van der Waals surface area contributed by atoms with Gasteiger partial charge in [0, 0.05) is 5.69 Å². The minimum atomic E-state index is 0.592. The molecule has 2 heterocycles. The average Bonchev–Trinajstić information content (AvgIpc) is 2.66. The van der Waals surface area contributed by atoms with Crippen molar-refractivity contribution in [3.05, 3.63) is 41.5 Å². The maximum atomic E-state index is 5.80. The number of nitrogens with zero attached hydrogens (tertiary/aromatic N) is 1. The van der Waals surface area contributed by atoms with Crippen molar-refractivity contribution in [1.29, 1.82) is 0 Å². The molecule has 84 valence electrons. The number of nitrogens with two attached hydrogens (primary N) is 1. The maximum absolute atomic E-state index is 5.80. The molecule has 0 fully saturated rings. The Morgan fingerprint density at radius 1 is 1.25 bits per heavy atom. The Kier molecular flexibility index (Phi) is 2.81. The highest BCUT2D eigenvalue weighted by atomic mass is 16.3. The van der Waals surface area contributed by atoms with E-state index >= 15 is 0 Å². The van der Waals surface area contributed by atoms with Gasteiger partial charge in [0.1, 0.15) is 17.3 Å². The Hall–Kier alpha value is -1.97. The van der Waals surface area contributed by atoms with Crippen molar-refractivity contribution in [2.75, 3.05) is 11.1 Å². The van der Waals surface area contributed by atoms with Crippen LogP contribution < -0.4 is 11.1 Å². The first-order valence-corrected chi connectivity index (χ1v) is 5.17. The predicted octanol–water partition coefficient (Wildman–Crippen LogP) is 2.49. The molecule has 4 heteroatoms. The molecule has 2 rings (SSSR count). The second-order valence-electron chi connectivity index (χ2n) is 3.76. The van der Waals surface area contributed by atoms with Crippen molar-refractivity contribution in [3.63, 3.8) is 0 Å². The third-order valence-electron chi connectivity index (χ3n) is 2.29. The topological polar surface area (TPSA) is 64.1 Å². The lowest BCUT2D eigenvalue weighted by Crippen LogP contribution is -2.04. The summed E-state index contributed by atoms with van der Waals surface area (Å²) in [5, 5.41) is 3.15. The standard InChI is InChI=1S/C12H15N3O/c1-8-3-6-11(13)12(15-8)14-7-10-5-4-9(2)16-10/h3-6H,7,13H2,1-2H3,(H,14,15). The minimum Gasteiger partial charge on any atom is -0.465 e. The van der Waals surface area contributed by atoms with Crippen LogP contribution in [0.1, 0.15) is 17.2 Å². The molecule has 0 saturated heterocycles. The fraction of sp³-hybridized carbons (Fsp3) is 0.250. The van der Waals surface area contributed by atoms with Gasteiger partial charge >= 0.3 is 0 Å². The summed E-state index contributed by atoms with van der Waals surface area (Å²) in [5.74, 6) is 2.48. The fourth-order valence-corrected chi connectivity index (χ4v) is 1.46. The van der Waals surface area contributed by atoms with Gasteiger partial charge in [-0.3, -0.25) is 0 Å². The monoisotopic (exact) mass is 217 g/mol. The van der Waals surface area contributed by atoms with Crippen LogP contribution >= 0.6 is 0 Å². The van der Waals surface area contributed by atoms with Crippen LogP contribution in [0.4, 0.5) is 11.5 Å². The first-order valence-electron chi connectivity index (χ1n) is 5.17. The van der Waals surface area contributed by atoms with Gasteiger partial charge in [-0.05, 0) is 38.1 Å². The van der Waals surface area contributed by atoms with Gasteiger partial charge in [-0.25, -0.2) is 4.98 Å². The van der Waals surface area contributed by atoms with E-state index < -0.39 is 0 Å². The Labute approximate surface area is 94.5 Å². The van der Waals surface area contributed by atoms with E-state index in [0.29, 0.717) is 18.1 Å². The Balaban J connectivity index is 2.07. The number of rotatable bonds is 3. The van der Waals surface area contributed by atoms with Crippen molar-refractivity contribution in [2.45, 2.75) is 20.4 Å². The SMILES string of the molecule is Cc1ccc(N)c(NCc2ccc(C)o2)n1. The molecule has 2 aromatic heterocycles. The second kappa shape index (κ2) is 4.26. The molecule has 0 aliphatic carbocycles. The highest BCUT2D eigenvalue weighted by Gasteiger charge is 2.02. The van der Waals surface area contributed by atoms with E-state index in [4.69, 9.17) is 10.2 Å². The molecule has 0 amide bonds. The molecule has 0 aliphatic heterocycles. The number of hydrogen-bond donors (Lipinski definition) is 2. The molecule has 0 aromatic carbocycles. The molecule has 0 saturated carbocycles. The highest BCUT2D eigenvalue weighted by molar-refractivity contribution is 5.61. The lowest BCUT2D eigenvalue weighted by atomic mass is 10.3. The molecule has 0 radical (unpaired) electrons. The molecular weight excluding hydrogens is 202 g/mol. The van der Waals surface area contributed by atoms with Gasteiger partial charge < -0.3 is 15.5 Å². The zero-order valence-electron chi connectivity index (χ0n) is 9.45. The van der Waals surface area contributed by atoms with Gasteiger partial charge in [-0.1, -0.05) is 0 Å². The second-order valence-corrected chi connectivity index (χ2v) is 3.76. The Morgan fingerprint density at radius 3 is 2.75 bits per heavy atom. The molecule has 2 aromatic rings. The third kappa shape index (κ3) is 2.34. The van der Waals surface area contributed by atoms with E-state index in [1.807, 2.05) is 38.1 Å². The molecule has 0 aliphatic rings. The summed E-state index contributed by atoms with van der Waals surface area (Å²) in [6.07, 6.45) is 0. The summed E-state index contributed by atoms with van der Waals surface area (Å²) in [6, 6.07) is 7.61. The van der Waals surface area contributed by atoms with E-state index in [-0.39, 0.29) is 0 Å². The van der Waals surface area contributed by atoms with E-state index in [1.54, 1.807) is 0 Å². The van der Waals surface area contributed by atoms with Crippen LogP contribution in [0.3, 0.4) is 0 Å². The fourth-order valence-electron chi connectivity index (χ4n) is 1.46. The quantitative estimate of drug-likeness (QED) is 0.829. The van der Waals surface area contributed by atoms with Gasteiger partial charge in [0.25, 0.3) is 0 Å². The van der Waals surface area contributed by atoms with Crippen molar-refractivity contribution < 1.29 is 4.42 Å². The average molecular weight is 217 g/mol. The lowest BCUT2D eigenvalue weighted by molar-refractivity contribution is 0.490. The number of nitrogen functional groups attached to an aromatic ring is 1. The van der Waals surface area contributed by atoms with Gasteiger partial charge in [0.15, 0.2) is 0 Å². The maximum Gasteiger partial charge on any atom is 0.149 e. The van der Waals surface area contributed by atoms with E-state index in [2.05, 4.69) is 10.3 Å². The number of furan rings is 1. The van der Waals surface area contributed by atoms with Gasteiger partial charge in [-0.15, -0.1) is 0 Å². The molecule has 3 N–H and O–H groups in total. The normalized spacial score (nSPS) is 10.4. The molecule has 0 atom stereocenters. The lowest BCUT2D eigenvalue weighted by Gasteiger charge is -2.07. The Bertz CT molecular complexity index is 491. The summed E-state index contributed by atoms with van der Waals surface area (Å²) in [7, 11) is 0. The van der Waals surface area contributed by atoms with Crippen molar-refractivity contribution in [1.82, 2.24) is 4.98 Å². The van der Waals surface area contributed by atoms with Gasteiger partial charge in [0.2, 0.25) is 0 Å². The van der Waals surface area contributed by atoms with Crippen LogP contribution in [0.2, 0.25) is 0 Å². The molecule has 0 spiro atoms. The zero-order valence-corrected chi connectivity index (χ0v) is 9.45. The molecule has 16 heavy (non-hydrogen) atoms.